The normalized spacial score (nSPS) is 13.7. The summed E-state index contributed by atoms with van der Waals surface area (Å²) in [5.41, 5.74) is 9.47. The van der Waals surface area contributed by atoms with Crippen LogP contribution in [0.25, 0.3) is 60.8 Å². The van der Waals surface area contributed by atoms with Crippen molar-refractivity contribution in [1.29, 1.82) is 0 Å². The summed E-state index contributed by atoms with van der Waals surface area (Å²) >= 11 is 0. The van der Waals surface area contributed by atoms with E-state index in [0.717, 1.165) is 48.4 Å². The number of benzene rings is 4. The molecule has 0 amide bonds. The smallest absolute Gasteiger partial charge is 0.203 e. The molecule has 0 atom stereocenters. The maximum Gasteiger partial charge on any atom is 0.203 e. The van der Waals surface area contributed by atoms with E-state index in [-0.39, 0.29) is 0 Å². The molecule has 202 valence electrons. The van der Waals surface area contributed by atoms with E-state index in [0.29, 0.717) is 0 Å². The first-order chi connectivity index (χ1) is 20.8. The van der Waals surface area contributed by atoms with Crippen molar-refractivity contribution in [3.8, 4) is 17.2 Å². The van der Waals surface area contributed by atoms with Crippen molar-refractivity contribution < 1.29 is 4.68 Å². The second-order valence-electron chi connectivity index (χ2n) is 11.5. The van der Waals surface area contributed by atoms with Gasteiger partial charge in [-0.1, -0.05) is 55.0 Å². The van der Waals surface area contributed by atoms with E-state index in [9.17, 15) is 0 Å². The Hall–Kier alpha value is -5.16. The zero-order valence-corrected chi connectivity index (χ0v) is 23.2. The molecule has 0 N–H and O–H groups in total. The molecule has 0 saturated heterocycles. The first-order valence-electron chi connectivity index (χ1n) is 14.9. The molecule has 10 rings (SSSR count). The number of aryl methyl sites for hydroxylation is 2. The number of rotatable bonds is 0. The highest BCUT2D eigenvalue weighted by atomic mass is 15.3. The van der Waals surface area contributed by atoms with Gasteiger partial charge in [0.25, 0.3) is 0 Å². The molecule has 2 aliphatic heterocycles. The van der Waals surface area contributed by atoms with Crippen LogP contribution in [0.1, 0.15) is 30.4 Å². The Morgan fingerprint density at radius 2 is 1.29 bits per heavy atom. The van der Waals surface area contributed by atoms with Crippen molar-refractivity contribution >= 4 is 43.6 Å². The van der Waals surface area contributed by atoms with Crippen LogP contribution in [0.15, 0.2) is 116 Å². The molecule has 0 saturated carbocycles. The first-order valence-corrected chi connectivity index (χ1v) is 14.9. The highest BCUT2D eigenvalue weighted by Gasteiger charge is 2.18. The number of hydrogen-bond donors (Lipinski definition) is 0. The molecule has 5 heteroatoms. The maximum atomic E-state index is 5.00. The average Bonchev–Trinajstić information content (AvgIpc) is 3.73. The molecule has 8 aromatic rings. The number of pyridine rings is 1. The predicted molar refractivity (Wildman–Crippen MR) is 169 cm³/mol. The van der Waals surface area contributed by atoms with E-state index < -0.39 is 0 Å². The molecule has 4 aromatic carbocycles. The summed E-state index contributed by atoms with van der Waals surface area (Å²) in [6.07, 6.45) is 11.9. The highest BCUT2D eigenvalue weighted by Crippen LogP contribution is 2.36. The molecule has 0 unspecified atom stereocenters. The van der Waals surface area contributed by atoms with E-state index in [1.54, 1.807) is 0 Å². The van der Waals surface area contributed by atoms with Gasteiger partial charge in [-0.2, -0.15) is 0 Å². The predicted octanol–water partition coefficient (Wildman–Crippen LogP) is 7.78. The molecule has 8 bridgehead atoms. The molecular weight excluding hydrogens is 514 g/mol. The van der Waals surface area contributed by atoms with Gasteiger partial charge in [-0.3, -0.25) is 4.57 Å². The van der Waals surface area contributed by atoms with Gasteiger partial charge in [0, 0.05) is 45.6 Å². The third kappa shape index (κ3) is 3.56. The lowest BCUT2D eigenvalue weighted by Crippen LogP contribution is -2.33. The lowest BCUT2D eigenvalue weighted by atomic mass is 10.1. The topological polar surface area (TPSA) is 40.7 Å². The number of nitrogens with zero attached hydrogens (tertiary/aromatic N) is 5. The zero-order valence-electron chi connectivity index (χ0n) is 23.2. The molecule has 6 heterocycles. The molecule has 0 aliphatic carbocycles. The Labute approximate surface area is 243 Å². The summed E-state index contributed by atoms with van der Waals surface area (Å²) in [6.45, 7) is 0. The van der Waals surface area contributed by atoms with Gasteiger partial charge >= 0.3 is 0 Å². The Bertz CT molecular complexity index is 2280. The lowest BCUT2D eigenvalue weighted by molar-refractivity contribution is -0.660. The SMILES string of the molecule is c1ccc2c(c1)c1ccc3cc1n2-c1ccc2c4ccccc4n(c2c1)-c1ccc(cn1)CCCCCc1c[n-][n+]-3c1. The summed E-state index contributed by atoms with van der Waals surface area (Å²) < 4.78 is 6.75. The van der Waals surface area contributed by atoms with Crippen molar-refractivity contribution in [1.82, 2.24) is 19.2 Å². The monoisotopic (exact) mass is 543 g/mol. The summed E-state index contributed by atoms with van der Waals surface area (Å²) in [5, 5.41) is 9.72. The Kier molecular flexibility index (Phi) is 5.14. The lowest BCUT2D eigenvalue weighted by Gasteiger charge is -2.11. The summed E-state index contributed by atoms with van der Waals surface area (Å²) in [4.78, 5) is 5.00. The third-order valence-corrected chi connectivity index (χ3v) is 8.94. The van der Waals surface area contributed by atoms with Crippen molar-refractivity contribution in [2.45, 2.75) is 32.1 Å². The fraction of sp³-hybridized carbons (Fsp3) is 0.135. The van der Waals surface area contributed by atoms with Crippen molar-refractivity contribution in [3.63, 3.8) is 0 Å². The standard InChI is InChI=1S/C37H29N5/c1-2-8-25-14-19-37(38-22-25)42-34-13-7-5-11-30(34)32-18-16-28(21-36(32)42)41-33-12-6-4-10-29(33)31-17-15-27(20-35(31)41)40-24-26(9-3-1)23-39-40/h4-7,10-24H,1-3,8-9H2. The minimum atomic E-state index is 0.953. The van der Waals surface area contributed by atoms with Gasteiger partial charge in [-0.25, -0.2) is 9.67 Å². The quantitative estimate of drug-likeness (QED) is 0.183. The molecule has 0 spiro atoms. The summed E-state index contributed by atoms with van der Waals surface area (Å²) in [7, 11) is 0. The first kappa shape index (κ1) is 23.5. The Morgan fingerprint density at radius 3 is 2.07 bits per heavy atom. The Balaban J connectivity index is 1.36. The number of aromatic nitrogens is 5. The number of para-hydroxylation sites is 2. The number of fused-ring (bicyclic) bond motifs is 10. The molecule has 0 fully saturated rings. The third-order valence-electron chi connectivity index (χ3n) is 8.94. The van der Waals surface area contributed by atoms with Gasteiger partial charge in [0.15, 0.2) is 6.20 Å². The minimum absolute atomic E-state index is 0.953. The summed E-state index contributed by atoms with van der Waals surface area (Å²) in [6, 6.07) is 35.4. The van der Waals surface area contributed by atoms with Gasteiger partial charge in [0.1, 0.15) is 5.82 Å². The van der Waals surface area contributed by atoms with Gasteiger partial charge in [-0.15, -0.1) is 6.20 Å². The molecule has 2 aliphatic rings. The van der Waals surface area contributed by atoms with Crippen LogP contribution in [-0.4, -0.2) is 14.1 Å². The zero-order chi connectivity index (χ0) is 27.6. The van der Waals surface area contributed by atoms with Crippen molar-refractivity contribution in [2.24, 2.45) is 0 Å². The van der Waals surface area contributed by atoms with Gasteiger partial charge in [-0.05, 0) is 73.2 Å². The fourth-order valence-corrected chi connectivity index (χ4v) is 6.89. The number of hydrogen-bond acceptors (Lipinski definition) is 1. The molecule has 5 nitrogen and oxygen atoms in total. The van der Waals surface area contributed by atoms with Crippen molar-refractivity contribution in [3.05, 3.63) is 127 Å². The summed E-state index contributed by atoms with van der Waals surface area (Å²) in [5.74, 6) is 0.953. The molecular formula is C37H29N5. The minimum Gasteiger partial charge on any atom is -0.412 e. The van der Waals surface area contributed by atoms with Crippen LogP contribution in [0.3, 0.4) is 0 Å². The second-order valence-corrected chi connectivity index (χ2v) is 11.5. The van der Waals surface area contributed by atoms with Crippen molar-refractivity contribution in [2.75, 3.05) is 0 Å². The highest BCUT2D eigenvalue weighted by molar-refractivity contribution is 6.12. The second kappa shape index (κ2) is 9.18. The van der Waals surface area contributed by atoms with Gasteiger partial charge < -0.3 is 9.67 Å². The van der Waals surface area contributed by atoms with Crippen LogP contribution in [-0.2, 0) is 12.8 Å². The fourth-order valence-electron chi connectivity index (χ4n) is 6.89. The van der Waals surface area contributed by atoms with E-state index in [1.165, 1.54) is 55.6 Å². The van der Waals surface area contributed by atoms with Crippen LogP contribution in [0, 0.1) is 0 Å². The van der Waals surface area contributed by atoms with Crippen LogP contribution >= 0.6 is 0 Å². The van der Waals surface area contributed by atoms with E-state index in [1.807, 2.05) is 10.9 Å². The largest absolute Gasteiger partial charge is 0.412 e. The molecule has 0 radical (unpaired) electrons. The van der Waals surface area contributed by atoms with Crippen LogP contribution in [0.5, 0.6) is 0 Å². The van der Waals surface area contributed by atoms with Crippen LogP contribution in [0.2, 0.25) is 0 Å². The molecule has 4 aromatic heterocycles. The maximum absolute atomic E-state index is 5.00. The van der Waals surface area contributed by atoms with E-state index >= 15 is 0 Å². The van der Waals surface area contributed by atoms with Gasteiger partial charge in [0.2, 0.25) is 5.69 Å². The van der Waals surface area contributed by atoms with E-state index in [4.69, 9.17) is 10.1 Å². The van der Waals surface area contributed by atoms with Crippen LogP contribution in [0.4, 0.5) is 0 Å². The van der Waals surface area contributed by atoms with Gasteiger partial charge in [0.05, 0.1) is 22.1 Å². The van der Waals surface area contributed by atoms with E-state index in [2.05, 4.69) is 119 Å². The van der Waals surface area contributed by atoms with Crippen LogP contribution < -0.4 is 9.78 Å². The molecule has 42 heavy (non-hydrogen) atoms. The average molecular weight is 544 g/mol. The Morgan fingerprint density at radius 1 is 0.595 bits per heavy atom.